The maximum absolute atomic E-state index is 11.6. The Bertz CT molecular complexity index is 272. The molecule has 0 unspecified atom stereocenters. The van der Waals surface area contributed by atoms with E-state index in [2.05, 4.69) is 12.2 Å². The summed E-state index contributed by atoms with van der Waals surface area (Å²) >= 11 is 4.67. The van der Waals surface area contributed by atoms with E-state index in [-0.39, 0.29) is 11.5 Å². The first-order valence-electron chi connectivity index (χ1n) is 4.09. The molecule has 0 rings (SSSR count). The molecule has 0 fully saturated rings. The summed E-state index contributed by atoms with van der Waals surface area (Å²) in [6.07, 6.45) is 0. The third kappa shape index (κ3) is 3.58. The number of nitrogens with zero attached hydrogens (tertiary/aromatic N) is 1. The van der Waals surface area contributed by atoms with Crippen LogP contribution in [0.15, 0.2) is 0 Å². The van der Waals surface area contributed by atoms with E-state index in [1.165, 1.54) is 4.31 Å². The lowest BCUT2D eigenvalue weighted by Crippen LogP contribution is -2.41. The van der Waals surface area contributed by atoms with Crippen LogP contribution in [0.3, 0.4) is 0 Å². The third-order valence-corrected chi connectivity index (χ3v) is 4.07. The smallest absolute Gasteiger partial charge is 0.216 e. The number of hydrogen-bond donors (Lipinski definition) is 1. The lowest BCUT2D eigenvalue weighted by Gasteiger charge is -2.21. The molecule has 0 radical (unpaired) electrons. The first-order chi connectivity index (χ1) is 5.82. The van der Waals surface area contributed by atoms with Gasteiger partial charge in [-0.05, 0) is 13.8 Å². The SMILES string of the molecule is CCN(CC(N)=S)S(=O)(=O)C(C)C. The Kier molecular flexibility index (Phi) is 4.80. The molecule has 6 heteroatoms. The molecular formula is C7H16N2O2S2. The summed E-state index contributed by atoms with van der Waals surface area (Å²) in [5, 5.41) is -0.429. The van der Waals surface area contributed by atoms with Crippen molar-refractivity contribution in [3.05, 3.63) is 0 Å². The standard InChI is InChI=1S/C7H16N2O2S2/c1-4-9(5-7(8)12)13(10,11)6(2)3/h6H,4-5H2,1-3H3,(H2,8,12). The van der Waals surface area contributed by atoms with Crippen molar-refractivity contribution in [2.45, 2.75) is 26.0 Å². The molecule has 0 saturated carbocycles. The summed E-state index contributed by atoms with van der Waals surface area (Å²) in [7, 11) is -3.22. The lowest BCUT2D eigenvalue weighted by atomic mass is 10.6. The molecule has 0 atom stereocenters. The number of sulfonamides is 1. The summed E-state index contributed by atoms with van der Waals surface area (Å²) in [4.78, 5) is 0.200. The number of likely N-dealkylation sites (N-methyl/N-ethyl adjacent to an activating group) is 1. The first kappa shape index (κ1) is 12.8. The van der Waals surface area contributed by atoms with Gasteiger partial charge in [0.05, 0.1) is 16.8 Å². The van der Waals surface area contributed by atoms with Crippen LogP contribution in [-0.2, 0) is 10.0 Å². The molecule has 0 bridgehead atoms. The van der Waals surface area contributed by atoms with Crippen molar-refractivity contribution in [1.82, 2.24) is 4.31 Å². The summed E-state index contributed by atoms with van der Waals surface area (Å²) in [5.41, 5.74) is 5.29. The highest BCUT2D eigenvalue weighted by Crippen LogP contribution is 2.07. The highest BCUT2D eigenvalue weighted by Gasteiger charge is 2.24. The van der Waals surface area contributed by atoms with Crippen LogP contribution in [0.25, 0.3) is 0 Å². The molecule has 2 N–H and O–H groups in total. The molecule has 0 aliphatic heterocycles. The monoisotopic (exact) mass is 224 g/mol. The van der Waals surface area contributed by atoms with E-state index in [0.717, 1.165) is 0 Å². The maximum atomic E-state index is 11.6. The van der Waals surface area contributed by atoms with E-state index in [0.29, 0.717) is 6.54 Å². The normalized spacial score (nSPS) is 12.4. The van der Waals surface area contributed by atoms with Crippen LogP contribution in [0.2, 0.25) is 0 Å². The quantitative estimate of drug-likeness (QED) is 0.684. The molecule has 0 spiro atoms. The van der Waals surface area contributed by atoms with Gasteiger partial charge in [0, 0.05) is 6.54 Å². The Balaban J connectivity index is 4.68. The maximum Gasteiger partial charge on any atom is 0.216 e. The topological polar surface area (TPSA) is 63.4 Å². The average Bonchev–Trinajstić information content (AvgIpc) is 1.99. The molecule has 13 heavy (non-hydrogen) atoms. The van der Waals surface area contributed by atoms with Crippen LogP contribution in [-0.4, -0.2) is 36.1 Å². The van der Waals surface area contributed by atoms with E-state index in [9.17, 15) is 8.42 Å². The van der Waals surface area contributed by atoms with Crippen molar-refractivity contribution in [3.8, 4) is 0 Å². The van der Waals surface area contributed by atoms with Gasteiger partial charge in [0.15, 0.2) is 0 Å². The predicted molar refractivity (Wildman–Crippen MR) is 58.1 cm³/mol. The Morgan fingerprint density at radius 1 is 1.54 bits per heavy atom. The minimum absolute atomic E-state index is 0.131. The number of nitrogens with two attached hydrogens (primary N) is 1. The fourth-order valence-corrected chi connectivity index (χ4v) is 2.37. The van der Waals surface area contributed by atoms with Crippen molar-refractivity contribution in [2.24, 2.45) is 5.73 Å². The van der Waals surface area contributed by atoms with Gasteiger partial charge < -0.3 is 5.73 Å². The number of thiocarbonyl (C=S) groups is 1. The number of hydrogen-bond acceptors (Lipinski definition) is 3. The van der Waals surface area contributed by atoms with Crippen molar-refractivity contribution in [2.75, 3.05) is 13.1 Å². The van der Waals surface area contributed by atoms with Crippen molar-refractivity contribution < 1.29 is 8.42 Å². The summed E-state index contributed by atoms with van der Waals surface area (Å²) in [5.74, 6) is 0. The van der Waals surface area contributed by atoms with Crippen molar-refractivity contribution >= 4 is 27.2 Å². The molecule has 0 aromatic carbocycles. The van der Waals surface area contributed by atoms with Crippen LogP contribution in [0, 0.1) is 0 Å². The minimum atomic E-state index is -3.22. The van der Waals surface area contributed by atoms with Gasteiger partial charge in [0.2, 0.25) is 10.0 Å². The van der Waals surface area contributed by atoms with Crippen LogP contribution in [0.5, 0.6) is 0 Å². The van der Waals surface area contributed by atoms with Crippen LogP contribution >= 0.6 is 12.2 Å². The number of rotatable bonds is 5. The van der Waals surface area contributed by atoms with Crippen LogP contribution < -0.4 is 5.73 Å². The first-order valence-corrected chi connectivity index (χ1v) is 6.00. The van der Waals surface area contributed by atoms with Gasteiger partial charge >= 0.3 is 0 Å². The van der Waals surface area contributed by atoms with Crippen LogP contribution in [0.4, 0.5) is 0 Å². The molecule has 0 aliphatic rings. The Hall–Kier alpha value is -0.200. The lowest BCUT2D eigenvalue weighted by molar-refractivity contribution is 0.461. The van der Waals surface area contributed by atoms with Crippen molar-refractivity contribution in [1.29, 1.82) is 0 Å². The van der Waals surface area contributed by atoms with Gasteiger partial charge in [-0.15, -0.1) is 0 Å². The van der Waals surface area contributed by atoms with Gasteiger partial charge in [-0.2, -0.15) is 4.31 Å². The van der Waals surface area contributed by atoms with Crippen molar-refractivity contribution in [3.63, 3.8) is 0 Å². The Labute approximate surface area is 85.1 Å². The fraction of sp³-hybridized carbons (Fsp3) is 0.857. The third-order valence-electron chi connectivity index (χ3n) is 1.64. The zero-order valence-electron chi connectivity index (χ0n) is 8.15. The molecule has 0 amide bonds. The molecule has 0 saturated heterocycles. The zero-order chi connectivity index (χ0) is 10.6. The van der Waals surface area contributed by atoms with E-state index >= 15 is 0 Å². The zero-order valence-corrected chi connectivity index (χ0v) is 9.78. The minimum Gasteiger partial charge on any atom is -0.392 e. The summed E-state index contributed by atoms with van der Waals surface area (Å²) < 4.78 is 24.5. The van der Waals surface area contributed by atoms with E-state index < -0.39 is 15.3 Å². The largest absolute Gasteiger partial charge is 0.392 e. The van der Waals surface area contributed by atoms with Gasteiger partial charge in [0.25, 0.3) is 0 Å². The van der Waals surface area contributed by atoms with Crippen LogP contribution in [0.1, 0.15) is 20.8 Å². The summed E-state index contributed by atoms with van der Waals surface area (Å²) in [6.45, 7) is 5.57. The average molecular weight is 224 g/mol. The molecule has 78 valence electrons. The molecule has 0 aromatic heterocycles. The molecule has 4 nitrogen and oxygen atoms in total. The Morgan fingerprint density at radius 2 is 2.00 bits per heavy atom. The molecule has 0 aliphatic carbocycles. The van der Waals surface area contributed by atoms with Gasteiger partial charge in [-0.1, -0.05) is 19.1 Å². The highest BCUT2D eigenvalue weighted by atomic mass is 32.2. The van der Waals surface area contributed by atoms with E-state index in [1.807, 2.05) is 0 Å². The summed E-state index contributed by atoms with van der Waals surface area (Å²) in [6, 6.07) is 0. The Morgan fingerprint density at radius 3 is 2.23 bits per heavy atom. The van der Waals surface area contributed by atoms with Gasteiger partial charge in [-0.3, -0.25) is 0 Å². The van der Waals surface area contributed by atoms with Gasteiger partial charge in [0.1, 0.15) is 0 Å². The van der Waals surface area contributed by atoms with Gasteiger partial charge in [-0.25, -0.2) is 8.42 Å². The molecule has 0 heterocycles. The molecule has 0 aromatic rings. The predicted octanol–water partition coefficient (Wildman–Crippen LogP) is 0.333. The highest BCUT2D eigenvalue weighted by molar-refractivity contribution is 7.89. The molecular weight excluding hydrogens is 208 g/mol. The van der Waals surface area contributed by atoms with E-state index in [4.69, 9.17) is 5.73 Å². The second kappa shape index (κ2) is 4.88. The van der Waals surface area contributed by atoms with E-state index in [1.54, 1.807) is 20.8 Å². The second-order valence-corrected chi connectivity index (χ2v) is 6.00. The fourth-order valence-electron chi connectivity index (χ4n) is 0.854. The second-order valence-electron chi connectivity index (χ2n) is 2.99.